The maximum Gasteiger partial charge on any atom is 0.355 e. The minimum Gasteiger partial charge on any atom is -0.497 e. The number of ether oxygens (including phenoxy) is 3. The molecule has 0 unspecified atom stereocenters. The van der Waals surface area contributed by atoms with Crippen LogP contribution in [0.25, 0.3) is 0 Å². The number of carbonyl (C=O) groups excluding carboxylic acids is 1. The number of hydrogen-bond acceptors (Lipinski definition) is 5. The van der Waals surface area contributed by atoms with Crippen LogP contribution in [-0.2, 0) is 9.59 Å². The summed E-state index contributed by atoms with van der Waals surface area (Å²) in [7, 11) is 1.57. The fourth-order valence-electron chi connectivity index (χ4n) is 1.71. The summed E-state index contributed by atoms with van der Waals surface area (Å²) in [5.41, 5.74) is -1.13. The van der Waals surface area contributed by atoms with Gasteiger partial charge in [-0.25, -0.2) is 4.79 Å². The first kappa shape index (κ1) is 22.3. The van der Waals surface area contributed by atoms with Gasteiger partial charge in [0.1, 0.15) is 17.2 Å². The largest absolute Gasteiger partial charge is 0.497 e. The molecule has 0 radical (unpaired) electrons. The topological polar surface area (TPSA) is 82.1 Å². The number of carboxylic acids is 1. The van der Waals surface area contributed by atoms with E-state index in [9.17, 15) is 9.59 Å². The molecule has 0 amide bonds. The van der Waals surface area contributed by atoms with Crippen molar-refractivity contribution < 1.29 is 28.9 Å². The Bertz CT molecular complexity index is 738. The predicted molar refractivity (Wildman–Crippen MR) is 103 cm³/mol. The van der Waals surface area contributed by atoms with Gasteiger partial charge in [-0.15, -0.1) is 0 Å². The van der Waals surface area contributed by atoms with Crippen molar-refractivity contribution in [2.45, 2.75) is 32.8 Å². The molecule has 0 aromatic heterocycles. The minimum absolute atomic E-state index is 0.222. The lowest BCUT2D eigenvalue weighted by molar-refractivity contribution is -0.149. The van der Waals surface area contributed by atoms with Crippen LogP contribution in [0.2, 0.25) is 5.02 Å². The van der Waals surface area contributed by atoms with Crippen LogP contribution in [0.3, 0.4) is 0 Å². The molecule has 0 heterocycles. The molecule has 2 aromatic rings. The number of aliphatic carboxylic acids is 1. The van der Waals surface area contributed by atoms with E-state index >= 15 is 0 Å². The van der Waals surface area contributed by atoms with Crippen LogP contribution in [-0.4, -0.2) is 29.8 Å². The van der Waals surface area contributed by atoms with E-state index in [1.807, 2.05) is 0 Å². The highest BCUT2D eigenvalue weighted by Crippen LogP contribution is 2.23. The molecule has 0 fully saturated rings. The van der Waals surface area contributed by atoms with Gasteiger partial charge >= 0.3 is 11.9 Å². The Morgan fingerprint density at radius 1 is 0.963 bits per heavy atom. The van der Waals surface area contributed by atoms with Gasteiger partial charge in [-0.1, -0.05) is 18.5 Å². The highest BCUT2D eigenvalue weighted by molar-refractivity contribution is 6.30. The Labute approximate surface area is 163 Å². The second-order valence-electron chi connectivity index (χ2n) is 5.88. The molecule has 0 saturated carbocycles. The Hall–Kier alpha value is -2.73. The van der Waals surface area contributed by atoms with Gasteiger partial charge in [0, 0.05) is 11.4 Å². The molecule has 6 nitrogen and oxygen atoms in total. The average Bonchev–Trinajstić information content (AvgIpc) is 2.64. The van der Waals surface area contributed by atoms with Crippen LogP contribution < -0.4 is 14.2 Å². The number of carbonyl (C=O) groups is 2. The number of hydrogen-bond donors (Lipinski definition) is 1. The van der Waals surface area contributed by atoms with E-state index in [2.05, 4.69) is 0 Å². The van der Waals surface area contributed by atoms with E-state index in [4.69, 9.17) is 30.9 Å². The zero-order valence-corrected chi connectivity index (χ0v) is 16.4. The van der Waals surface area contributed by atoms with Crippen molar-refractivity contribution in [3.05, 3.63) is 53.6 Å². The van der Waals surface area contributed by atoms with Crippen molar-refractivity contribution in [2.75, 3.05) is 7.11 Å². The summed E-state index contributed by atoms with van der Waals surface area (Å²) in [5.74, 6) is 0.425. The Balaban J connectivity index is 0.000000646. The summed E-state index contributed by atoms with van der Waals surface area (Å²) in [6.07, 6.45) is 0.222. The van der Waals surface area contributed by atoms with Gasteiger partial charge in [0.15, 0.2) is 0 Å². The third-order valence-electron chi connectivity index (χ3n) is 3.25. The van der Waals surface area contributed by atoms with Crippen LogP contribution in [0.1, 0.15) is 27.2 Å². The van der Waals surface area contributed by atoms with Crippen LogP contribution >= 0.6 is 11.6 Å². The lowest BCUT2D eigenvalue weighted by Gasteiger charge is -2.24. The highest BCUT2D eigenvalue weighted by Gasteiger charge is 2.32. The summed E-state index contributed by atoms with van der Waals surface area (Å²) in [6.45, 7) is 4.89. The number of carboxylic acid groups (broad SMARTS) is 1. The predicted octanol–water partition coefficient (Wildman–Crippen LogP) is 4.59. The first-order valence-electron chi connectivity index (χ1n) is 8.20. The van der Waals surface area contributed by atoms with E-state index in [1.54, 1.807) is 76.4 Å². The number of halogens is 1. The van der Waals surface area contributed by atoms with Gasteiger partial charge in [-0.3, -0.25) is 4.79 Å². The Morgan fingerprint density at radius 3 is 1.85 bits per heavy atom. The maximum atomic E-state index is 12.3. The summed E-state index contributed by atoms with van der Waals surface area (Å²) >= 11 is 5.82. The Morgan fingerprint density at radius 2 is 1.41 bits per heavy atom. The van der Waals surface area contributed by atoms with Crippen LogP contribution in [0.5, 0.6) is 17.2 Å². The van der Waals surface area contributed by atoms with E-state index in [1.165, 1.54) is 0 Å². The standard InChI is InChI=1S/C17H17ClO4.C3H6O2/c1-17(2,22-15-6-4-12(18)5-7-15)16(19)21-14-10-8-13(20-3)9-11-14;1-2-3(4)5/h4-11H,1-3H3;2H2,1H3,(H,4,5). The molecule has 7 heteroatoms. The average molecular weight is 395 g/mol. The zero-order valence-electron chi connectivity index (χ0n) is 15.7. The molecule has 1 N–H and O–H groups in total. The summed E-state index contributed by atoms with van der Waals surface area (Å²) < 4.78 is 16.1. The van der Waals surface area contributed by atoms with E-state index in [0.717, 1.165) is 0 Å². The van der Waals surface area contributed by atoms with E-state index in [0.29, 0.717) is 22.3 Å². The van der Waals surface area contributed by atoms with Gasteiger partial charge in [-0.2, -0.15) is 0 Å². The summed E-state index contributed by atoms with van der Waals surface area (Å²) in [5, 5.41) is 8.32. The summed E-state index contributed by atoms with van der Waals surface area (Å²) in [4.78, 5) is 21.6. The van der Waals surface area contributed by atoms with E-state index in [-0.39, 0.29) is 6.42 Å². The lowest BCUT2D eigenvalue weighted by atomic mass is 10.1. The highest BCUT2D eigenvalue weighted by atomic mass is 35.5. The third-order valence-corrected chi connectivity index (χ3v) is 3.50. The zero-order chi connectivity index (χ0) is 20.4. The lowest BCUT2D eigenvalue weighted by Crippen LogP contribution is -2.41. The molecule has 0 atom stereocenters. The molecule has 27 heavy (non-hydrogen) atoms. The molecule has 0 bridgehead atoms. The fourth-order valence-corrected chi connectivity index (χ4v) is 1.84. The molecule has 0 aliphatic carbocycles. The molecular formula is C20H23ClO6. The number of esters is 1. The van der Waals surface area contributed by atoms with Crippen molar-refractivity contribution in [1.29, 1.82) is 0 Å². The number of methoxy groups -OCH3 is 1. The van der Waals surface area contributed by atoms with Crippen LogP contribution in [0.4, 0.5) is 0 Å². The molecule has 146 valence electrons. The van der Waals surface area contributed by atoms with Gasteiger partial charge in [-0.05, 0) is 62.4 Å². The number of rotatable bonds is 6. The van der Waals surface area contributed by atoms with Crippen LogP contribution in [0.15, 0.2) is 48.5 Å². The molecule has 0 saturated heterocycles. The minimum atomic E-state index is -1.13. The van der Waals surface area contributed by atoms with Crippen molar-refractivity contribution >= 4 is 23.5 Å². The molecule has 2 aromatic carbocycles. The molecule has 0 spiro atoms. The van der Waals surface area contributed by atoms with Crippen molar-refractivity contribution in [1.82, 2.24) is 0 Å². The Kier molecular flexibility index (Phi) is 8.62. The van der Waals surface area contributed by atoms with Crippen molar-refractivity contribution in [3.8, 4) is 17.2 Å². The van der Waals surface area contributed by atoms with Gasteiger partial charge in [0.05, 0.1) is 7.11 Å². The summed E-state index contributed by atoms with van der Waals surface area (Å²) in [6, 6.07) is 13.6. The van der Waals surface area contributed by atoms with Gasteiger partial charge in [0.25, 0.3) is 0 Å². The second-order valence-corrected chi connectivity index (χ2v) is 6.32. The van der Waals surface area contributed by atoms with Crippen molar-refractivity contribution in [3.63, 3.8) is 0 Å². The molecule has 2 rings (SSSR count). The smallest absolute Gasteiger partial charge is 0.355 e. The first-order chi connectivity index (χ1) is 12.7. The van der Waals surface area contributed by atoms with Gasteiger partial charge in [0.2, 0.25) is 5.60 Å². The third kappa shape index (κ3) is 8.00. The van der Waals surface area contributed by atoms with Gasteiger partial charge < -0.3 is 19.3 Å². The maximum absolute atomic E-state index is 12.3. The molecule has 0 aliphatic heterocycles. The van der Waals surface area contributed by atoms with Crippen molar-refractivity contribution in [2.24, 2.45) is 0 Å². The SMILES string of the molecule is CCC(=O)O.COc1ccc(OC(=O)C(C)(C)Oc2ccc(Cl)cc2)cc1. The monoisotopic (exact) mass is 394 g/mol. The number of benzene rings is 2. The molecule has 0 aliphatic rings. The fraction of sp³-hybridized carbons (Fsp3) is 0.300. The second kappa shape index (κ2) is 10.4. The van der Waals surface area contributed by atoms with E-state index < -0.39 is 17.5 Å². The molecular weight excluding hydrogens is 372 g/mol. The first-order valence-corrected chi connectivity index (χ1v) is 8.58. The van der Waals surface area contributed by atoms with Crippen LogP contribution in [0, 0.1) is 0 Å². The quantitative estimate of drug-likeness (QED) is 0.569. The normalized spacial score (nSPS) is 10.3.